The Bertz CT molecular complexity index is 886. The summed E-state index contributed by atoms with van der Waals surface area (Å²) in [6.07, 6.45) is 0.816. The van der Waals surface area contributed by atoms with Gasteiger partial charge < -0.3 is 24.4 Å². The van der Waals surface area contributed by atoms with Crippen molar-refractivity contribution in [3.8, 4) is 0 Å². The smallest absolute Gasteiger partial charge is 0.317 e. The van der Waals surface area contributed by atoms with Gasteiger partial charge in [-0.2, -0.15) is 0 Å². The number of nitrogens with zero attached hydrogens (tertiary/aromatic N) is 5. The molecule has 0 aliphatic carbocycles. The summed E-state index contributed by atoms with van der Waals surface area (Å²) in [5, 5.41) is 2.94. The second-order valence-corrected chi connectivity index (χ2v) is 7.83. The summed E-state index contributed by atoms with van der Waals surface area (Å²) in [6.45, 7) is 4.99. The molecule has 1 aliphatic rings. The predicted molar refractivity (Wildman–Crippen MR) is 115 cm³/mol. The molecule has 0 bridgehead atoms. The SMILES string of the molecule is COCCCNC(=O)N1CCN(Cc2nc3cc(C(=O)N(C)C)ccc3n2C)CC1. The normalized spacial score (nSPS) is 14.9. The molecule has 3 rings (SSSR count). The molecule has 0 saturated carbocycles. The Balaban J connectivity index is 1.57. The maximum Gasteiger partial charge on any atom is 0.317 e. The van der Waals surface area contributed by atoms with Gasteiger partial charge in [0.15, 0.2) is 0 Å². The molecule has 1 saturated heterocycles. The monoisotopic (exact) mass is 416 g/mol. The van der Waals surface area contributed by atoms with E-state index in [2.05, 4.69) is 14.8 Å². The number of benzene rings is 1. The molecule has 2 aromatic rings. The summed E-state index contributed by atoms with van der Waals surface area (Å²) in [5.41, 5.74) is 2.48. The van der Waals surface area contributed by atoms with Crippen LogP contribution in [0, 0.1) is 0 Å². The van der Waals surface area contributed by atoms with Crippen molar-refractivity contribution in [1.82, 2.24) is 29.6 Å². The van der Waals surface area contributed by atoms with E-state index >= 15 is 0 Å². The number of fused-ring (bicyclic) bond motifs is 1. The minimum atomic E-state index is -0.0271. The summed E-state index contributed by atoms with van der Waals surface area (Å²) in [4.78, 5) is 35.0. The number of amides is 3. The first-order valence-corrected chi connectivity index (χ1v) is 10.3. The minimum Gasteiger partial charge on any atom is -0.385 e. The van der Waals surface area contributed by atoms with Gasteiger partial charge in [-0.3, -0.25) is 9.69 Å². The molecule has 1 aromatic carbocycles. The topological polar surface area (TPSA) is 82.9 Å². The Morgan fingerprint density at radius 3 is 2.60 bits per heavy atom. The average Bonchev–Trinajstić information content (AvgIpc) is 3.05. The van der Waals surface area contributed by atoms with Crippen LogP contribution in [0.2, 0.25) is 0 Å². The first-order chi connectivity index (χ1) is 14.4. The van der Waals surface area contributed by atoms with Crippen LogP contribution in [0.25, 0.3) is 11.0 Å². The molecule has 0 spiro atoms. The number of ether oxygens (including phenoxy) is 1. The Hall–Kier alpha value is -2.65. The number of imidazole rings is 1. The fraction of sp³-hybridized carbons (Fsp3) is 0.571. The number of aryl methyl sites for hydroxylation is 1. The molecular weight excluding hydrogens is 384 g/mol. The molecular formula is C21H32N6O3. The minimum absolute atomic E-state index is 0.00780. The summed E-state index contributed by atoms with van der Waals surface area (Å²) in [6, 6.07) is 5.65. The van der Waals surface area contributed by atoms with E-state index in [1.54, 1.807) is 26.1 Å². The third kappa shape index (κ3) is 5.09. The second kappa shape index (κ2) is 9.90. The van der Waals surface area contributed by atoms with Crippen molar-refractivity contribution in [2.75, 3.05) is 60.5 Å². The molecule has 30 heavy (non-hydrogen) atoms. The maximum absolute atomic E-state index is 12.2. The van der Waals surface area contributed by atoms with Crippen LogP contribution in [0.4, 0.5) is 4.79 Å². The quantitative estimate of drug-likeness (QED) is 0.685. The van der Waals surface area contributed by atoms with Crippen molar-refractivity contribution in [2.24, 2.45) is 7.05 Å². The highest BCUT2D eigenvalue weighted by Crippen LogP contribution is 2.19. The van der Waals surface area contributed by atoms with Gasteiger partial charge >= 0.3 is 6.03 Å². The Labute approximate surface area is 177 Å². The molecule has 1 aliphatic heterocycles. The lowest BCUT2D eigenvalue weighted by atomic mass is 10.2. The molecule has 164 valence electrons. The summed E-state index contributed by atoms with van der Waals surface area (Å²) in [5.74, 6) is 0.928. The molecule has 0 unspecified atom stereocenters. The molecule has 0 radical (unpaired) electrons. The number of piperazine rings is 1. The van der Waals surface area contributed by atoms with Crippen LogP contribution in [0.1, 0.15) is 22.6 Å². The van der Waals surface area contributed by atoms with Crippen molar-refractivity contribution in [3.05, 3.63) is 29.6 Å². The number of hydrogen-bond donors (Lipinski definition) is 1. The molecule has 1 aromatic heterocycles. The van der Waals surface area contributed by atoms with Crippen molar-refractivity contribution in [3.63, 3.8) is 0 Å². The van der Waals surface area contributed by atoms with Crippen LogP contribution in [-0.4, -0.2) is 96.7 Å². The van der Waals surface area contributed by atoms with E-state index in [1.807, 2.05) is 30.1 Å². The Morgan fingerprint density at radius 2 is 1.93 bits per heavy atom. The molecule has 2 heterocycles. The number of nitrogens with one attached hydrogen (secondary N) is 1. The highest BCUT2D eigenvalue weighted by molar-refractivity contribution is 5.97. The Kier molecular flexibility index (Phi) is 7.28. The van der Waals surface area contributed by atoms with Gasteiger partial charge in [0.25, 0.3) is 5.91 Å². The van der Waals surface area contributed by atoms with E-state index in [1.165, 1.54) is 0 Å². The van der Waals surface area contributed by atoms with Crippen molar-refractivity contribution in [2.45, 2.75) is 13.0 Å². The van der Waals surface area contributed by atoms with Crippen molar-refractivity contribution >= 4 is 23.0 Å². The number of hydrogen-bond acceptors (Lipinski definition) is 5. The van der Waals surface area contributed by atoms with Crippen LogP contribution in [0.3, 0.4) is 0 Å². The van der Waals surface area contributed by atoms with Gasteiger partial charge in [-0.1, -0.05) is 0 Å². The van der Waals surface area contributed by atoms with Gasteiger partial charge in [0.05, 0.1) is 17.6 Å². The van der Waals surface area contributed by atoms with Gasteiger partial charge in [0.1, 0.15) is 5.82 Å². The lowest BCUT2D eigenvalue weighted by molar-refractivity contribution is 0.0827. The molecule has 9 nitrogen and oxygen atoms in total. The van der Waals surface area contributed by atoms with E-state index in [9.17, 15) is 9.59 Å². The predicted octanol–water partition coefficient (Wildman–Crippen LogP) is 1.14. The number of aromatic nitrogens is 2. The van der Waals surface area contributed by atoms with Gasteiger partial charge in [0.2, 0.25) is 0 Å². The fourth-order valence-electron chi connectivity index (χ4n) is 3.62. The maximum atomic E-state index is 12.2. The van der Waals surface area contributed by atoms with E-state index in [0.29, 0.717) is 38.3 Å². The first kappa shape index (κ1) is 22.0. The summed E-state index contributed by atoms with van der Waals surface area (Å²) >= 11 is 0. The number of carbonyl (C=O) groups excluding carboxylic acids is 2. The van der Waals surface area contributed by atoms with Gasteiger partial charge in [0, 0.05) is 73.1 Å². The van der Waals surface area contributed by atoms with E-state index in [4.69, 9.17) is 9.72 Å². The van der Waals surface area contributed by atoms with Gasteiger partial charge in [-0.25, -0.2) is 9.78 Å². The van der Waals surface area contributed by atoms with E-state index in [0.717, 1.165) is 36.4 Å². The number of rotatable bonds is 7. The molecule has 0 atom stereocenters. The number of methoxy groups -OCH3 is 1. The third-order valence-electron chi connectivity index (χ3n) is 5.45. The van der Waals surface area contributed by atoms with E-state index < -0.39 is 0 Å². The number of urea groups is 1. The summed E-state index contributed by atoms with van der Waals surface area (Å²) in [7, 11) is 7.15. The molecule has 1 N–H and O–H groups in total. The number of carbonyl (C=O) groups is 2. The zero-order chi connectivity index (χ0) is 21.7. The zero-order valence-corrected chi connectivity index (χ0v) is 18.3. The van der Waals surface area contributed by atoms with Crippen molar-refractivity contribution < 1.29 is 14.3 Å². The first-order valence-electron chi connectivity index (χ1n) is 10.3. The highest BCUT2D eigenvalue weighted by Gasteiger charge is 2.22. The van der Waals surface area contributed by atoms with Gasteiger partial charge in [-0.05, 0) is 24.6 Å². The van der Waals surface area contributed by atoms with Gasteiger partial charge in [-0.15, -0.1) is 0 Å². The Morgan fingerprint density at radius 1 is 1.20 bits per heavy atom. The fourth-order valence-corrected chi connectivity index (χ4v) is 3.62. The zero-order valence-electron chi connectivity index (χ0n) is 18.3. The molecule has 1 fully saturated rings. The molecule has 9 heteroatoms. The lowest BCUT2D eigenvalue weighted by Crippen LogP contribution is -2.51. The van der Waals surface area contributed by atoms with Crippen LogP contribution < -0.4 is 5.32 Å². The van der Waals surface area contributed by atoms with Crippen LogP contribution in [0.5, 0.6) is 0 Å². The summed E-state index contributed by atoms with van der Waals surface area (Å²) < 4.78 is 7.08. The molecule has 3 amide bonds. The van der Waals surface area contributed by atoms with Crippen LogP contribution >= 0.6 is 0 Å². The average molecular weight is 417 g/mol. The highest BCUT2D eigenvalue weighted by atomic mass is 16.5. The van der Waals surface area contributed by atoms with Crippen LogP contribution in [-0.2, 0) is 18.3 Å². The van der Waals surface area contributed by atoms with Crippen molar-refractivity contribution in [1.29, 1.82) is 0 Å². The van der Waals surface area contributed by atoms with E-state index in [-0.39, 0.29) is 11.9 Å². The largest absolute Gasteiger partial charge is 0.385 e. The van der Waals surface area contributed by atoms with Crippen LogP contribution in [0.15, 0.2) is 18.2 Å². The standard InChI is InChI=1S/C21H32N6O3/c1-24(2)20(28)16-6-7-18-17(14-16)23-19(25(18)3)15-26-9-11-27(12-10-26)21(29)22-8-5-13-30-4/h6-7,14H,5,8-13,15H2,1-4H3,(H,22,29). The lowest BCUT2D eigenvalue weighted by Gasteiger charge is -2.34. The second-order valence-electron chi connectivity index (χ2n) is 7.83. The third-order valence-corrected chi connectivity index (χ3v) is 5.45.